The van der Waals surface area contributed by atoms with Crippen LogP contribution in [0.15, 0.2) is 0 Å². The third-order valence-electron chi connectivity index (χ3n) is 3.19. The molecule has 0 aromatic carbocycles. The lowest BCUT2D eigenvalue weighted by Gasteiger charge is -2.22. The Morgan fingerprint density at radius 1 is 1.17 bits per heavy atom. The van der Waals surface area contributed by atoms with Crippen molar-refractivity contribution in [1.29, 1.82) is 0 Å². The van der Waals surface area contributed by atoms with E-state index in [1.807, 2.05) is 18.7 Å². The topological polar surface area (TPSA) is 57.6 Å². The summed E-state index contributed by atoms with van der Waals surface area (Å²) in [6.07, 6.45) is 4.53. The van der Waals surface area contributed by atoms with Gasteiger partial charge < -0.3 is 10.0 Å². The average Bonchev–Trinajstić information content (AvgIpc) is 2.56. The van der Waals surface area contributed by atoms with Crippen molar-refractivity contribution >= 4 is 23.6 Å². The predicted molar refractivity (Wildman–Crippen MR) is 73.8 cm³/mol. The van der Waals surface area contributed by atoms with Gasteiger partial charge in [0.25, 0.3) is 0 Å². The number of aliphatic carboxylic acids is 1. The molecule has 5 heteroatoms. The Balaban J connectivity index is 2.41. The minimum absolute atomic E-state index is 0.0458. The Bertz CT molecular complexity index is 286. The predicted octanol–water partition coefficient (Wildman–Crippen LogP) is 2.23. The van der Waals surface area contributed by atoms with Crippen molar-refractivity contribution in [3.63, 3.8) is 0 Å². The number of carboxylic acids is 1. The second kappa shape index (κ2) is 7.67. The molecule has 1 amide bonds. The summed E-state index contributed by atoms with van der Waals surface area (Å²) in [6, 6.07) is 0. The SMILES string of the molecule is CC(C)C(SCC(=O)N1CCCCCC1)C(=O)O. The fourth-order valence-corrected chi connectivity index (χ4v) is 3.15. The van der Waals surface area contributed by atoms with E-state index in [0.717, 1.165) is 25.9 Å². The van der Waals surface area contributed by atoms with E-state index < -0.39 is 11.2 Å². The van der Waals surface area contributed by atoms with Gasteiger partial charge in [-0.2, -0.15) is 0 Å². The number of carbonyl (C=O) groups excluding carboxylic acids is 1. The molecule has 1 aliphatic heterocycles. The Labute approximate surface area is 113 Å². The zero-order valence-corrected chi connectivity index (χ0v) is 12.0. The van der Waals surface area contributed by atoms with Gasteiger partial charge >= 0.3 is 5.97 Å². The molecule has 0 aliphatic carbocycles. The first-order valence-electron chi connectivity index (χ1n) is 6.64. The summed E-state index contributed by atoms with van der Waals surface area (Å²) in [7, 11) is 0. The van der Waals surface area contributed by atoms with E-state index in [0.29, 0.717) is 0 Å². The molecule has 1 saturated heterocycles. The Morgan fingerprint density at radius 2 is 1.72 bits per heavy atom. The third-order valence-corrected chi connectivity index (χ3v) is 4.71. The van der Waals surface area contributed by atoms with Gasteiger partial charge in [0.05, 0.1) is 5.75 Å². The number of amides is 1. The maximum atomic E-state index is 12.0. The van der Waals surface area contributed by atoms with E-state index in [1.54, 1.807) is 0 Å². The minimum Gasteiger partial charge on any atom is -0.480 e. The summed E-state index contributed by atoms with van der Waals surface area (Å²) in [5, 5.41) is 8.58. The Kier molecular flexibility index (Phi) is 6.54. The zero-order chi connectivity index (χ0) is 13.5. The maximum Gasteiger partial charge on any atom is 0.316 e. The number of carboxylic acid groups (broad SMARTS) is 1. The fraction of sp³-hybridized carbons (Fsp3) is 0.846. The number of thioether (sulfide) groups is 1. The smallest absolute Gasteiger partial charge is 0.316 e. The van der Waals surface area contributed by atoms with Crippen LogP contribution in [0.25, 0.3) is 0 Å². The van der Waals surface area contributed by atoms with Crippen molar-refractivity contribution in [2.75, 3.05) is 18.8 Å². The average molecular weight is 273 g/mol. The molecule has 1 fully saturated rings. The van der Waals surface area contributed by atoms with Gasteiger partial charge in [-0.1, -0.05) is 26.7 Å². The number of likely N-dealkylation sites (tertiary alicyclic amines) is 1. The van der Waals surface area contributed by atoms with Crippen LogP contribution >= 0.6 is 11.8 Å². The Morgan fingerprint density at radius 3 is 2.17 bits per heavy atom. The zero-order valence-electron chi connectivity index (χ0n) is 11.2. The summed E-state index contributed by atoms with van der Waals surface area (Å²) in [4.78, 5) is 24.9. The van der Waals surface area contributed by atoms with Gasteiger partial charge in [0.15, 0.2) is 0 Å². The van der Waals surface area contributed by atoms with E-state index in [2.05, 4.69) is 0 Å². The van der Waals surface area contributed by atoms with Crippen molar-refractivity contribution in [2.45, 2.75) is 44.8 Å². The van der Waals surface area contributed by atoms with Gasteiger partial charge in [-0.25, -0.2) is 0 Å². The van der Waals surface area contributed by atoms with E-state index in [-0.39, 0.29) is 17.6 Å². The van der Waals surface area contributed by atoms with Gasteiger partial charge in [0.2, 0.25) is 5.91 Å². The molecule has 0 aromatic heterocycles. The molecule has 0 spiro atoms. The van der Waals surface area contributed by atoms with Gasteiger partial charge in [0, 0.05) is 13.1 Å². The van der Waals surface area contributed by atoms with E-state index in [9.17, 15) is 9.59 Å². The van der Waals surface area contributed by atoms with E-state index in [4.69, 9.17) is 5.11 Å². The standard InChI is InChI=1S/C13H23NO3S/c1-10(2)12(13(16)17)18-9-11(15)14-7-5-3-4-6-8-14/h10,12H,3-9H2,1-2H3,(H,16,17). The van der Waals surface area contributed by atoms with Crippen LogP contribution in [0.2, 0.25) is 0 Å². The molecule has 0 aromatic rings. The molecule has 1 N–H and O–H groups in total. The third kappa shape index (κ3) is 4.88. The van der Waals surface area contributed by atoms with Crippen molar-refractivity contribution in [1.82, 2.24) is 4.90 Å². The van der Waals surface area contributed by atoms with Crippen LogP contribution < -0.4 is 0 Å². The van der Waals surface area contributed by atoms with Gasteiger partial charge in [-0.3, -0.25) is 9.59 Å². The number of rotatable bonds is 5. The second-order valence-electron chi connectivity index (χ2n) is 5.11. The summed E-state index contributed by atoms with van der Waals surface area (Å²) in [5.41, 5.74) is 0. The largest absolute Gasteiger partial charge is 0.480 e. The first-order chi connectivity index (χ1) is 8.52. The lowest BCUT2D eigenvalue weighted by molar-refractivity contribution is -0.137. The normalized spacial score (nSPS) is 18.5. The molecular weight excluding hydrogens is 250 g/mol. The van der Waals surface area contributed by atoms with Gasteiger partial charge in [-0.05, 0) is 18.8 Å². The van der Waals surface area contributed by atoms with Crippen LogP contribution in [0, 0.1) is 5.92 Å². The fourth-order valence-electron chi connectivity index (χ4n) is 2.12. The van der Waals surface area contributed by atoms with Crippen molar-refractivity contribution < 1.29 is 14.7 Å². The quantitative estimate of drug-likeness (QED) is 0.834. The molecule has 0 saturated carbocycles. The lowest BCUT2D eigenvalue weighted by atomic mass is 10.1. The number of hydrogen-bond donors (Lipinski definition) is 1. The molecule has 0 radical (unpaired) electrons. The molecule has 1 atom stereocenters. The highest BCUT2D eigenvalue weighted by Gasteiger charge is 2.24. The van der Waals surface area contributed by atoms with Crippen LogP contribution in [-0.2, 0) is 9.59 Å². The summed E-state index contributed by atoms with van der Waals surface area (Å²) >= 11 is 1.26. The minimum atomic E-state index is -0.821. The van der Waals surface area contributed by atoms with Crippen molar-refractivity contribution in [3.8, 4) is 0 Å². The molecule has 1 unspecified atom stereocenters. The van der Waals surface area contributed by atoms with Gasteiger partial charge in [-0.15, -0.1) is 11.8 Å². The first-order valence-corrected chi connectivity index (χ1v) is 7.69. The summed E-state index contributed by atoms with van der Waals surface area (Å²) in [6.45, 7) is 5.42. The highest BCUT2D eigenvalue weighted by atomic mass is 32.2. The first kappa shape index (κ1) is 15.3. The van der Waals surface area contributed by atoms with Crippen molar-refractivity contribution in [2.24, 2.45) is 5.92 Å². The molecule has 1 heterocycles. The molecule has 18 heavy (non-hydrogen) atoms. The molecule has 4 nitrogen and oxygen atoms in total. The van der Waals surface area contributed by atoms with Crippen LogP contribution in [0.1, 0.15) is 39.5 Å². The lowest BCUT2D eigenvalue weighted by Crippen LogP contribution is -2.34. The summed E-state index contributed by atoms with van der Waals surface area (Å²) in [5.74, 6) is -0.397. The van der Waals surface area contributed by atoms with Crippen LogP contribution in [0.5, 0.6) is 0 Å². The highest BCUT2D eigenvalue weighted by molar-refractivity contribution is 8.01. The molecule has 104 valence electrons. The molecular formula is C13H23NO3S. The molecule has 0 bridgehead atoms. The van der Waals surface area contributed by atoms with Crippen LogP contribution in [0.3, 0.4) is 0 Å². The molecule has 1 aliphatic rings. The van der Waals surface area contributed by atoms with E-state index >= 15 is 0 Å². The van der Waals surface area contributed by atoms with E-state index in [1.165, 1.54) is 24.6 Å². The highest BCUT2D eigenvalue weighted by Crippen LogP contribution is 2.21. The maximum absolute atomic E-state index is 12.0. The monoisotopic (exact) mass is 273 g/mol. The number of hydrogen-bond acceptors (Lipinski definition) is 3. The van der Waals surface area contributed by atoms with Crippen molar-refractivity contribution in [3.05, 3.63) is 0 Å². The number of carbonyl (C=O) groups is 2. The molecule has 1 rings (SSSR count). The van der Waals surface area contributed by atoms with Crippen LogP contribution in [-0.4, -0.2) is 46.0 Å². The number of nitrogens with zero attached hydrogens (tertiary/aromatic N) is 1. The second-order valence-corrected chi connectivity index (χ2v) is 6.24. The summed E-state index contributed by atoms with van der Waals surface area (Å²) < 4.78 is 0. The van der Waals surface area contributed by atoms with Crippen LogP contribution in [0.4, 0.5) is 0 Å². The Hall–Kier alpha value is -0.710. The van der Waals surface area contributed by atoms with Gasteiger partial charge in [0.1, 0.15) is 5.25 Å².